The topological polar surface area (TPSA) is 64.9 Å². The highest BCUT2D eigenvalue weighted by Crippen LogP contribution is 2.20. The number of hydrogen-bond donors (Lipinski definition) is 1. The summed E-state index contributed by atoms with van der Waals surface area (Å²) in [6.45, 7) is 3.76. The van der Waals surface area contributed by atoms with Crippen LogP contribution in [0.2, 0.25) is 0 Å². The molecule has 0 saturated heterocycles. The van der Waals surface area contributed by atoms with Crippen molar-refractivity contribution in [1.29, 1.82) is 0 Å². The number of imidazole rings is 1. The van der Waals surface area contributed by atoms with Crippen molar-refractivity contribution in [2.75, 3.05) is 13.2 Å². The Balaban J connectivity index is 1.19. The molecule has 4 rings (SSSR count). The molecule has 0 bridgehead atoms. The Kier molecular flexibility index (Phi) is 7.20. The van der Waals surface area contributed by atoms with Crippen LogP contribution in [0, 0.1) is 6.92 Å². The summed E-state index contributed by atoms with van der Waals surface area (Å²) < 4.78 is 13.7. The van der Waals surface area contributed by atoms with Gasteiger partial charge in [0.05, 0.1) is 11.8 Å². The van der Waals surface area contributed by atoms with Crippen molar-refractivity contribution in [2.24, 2.45) is 0 Å². The monoisotopic (exact) mass is 421 g/mol. The predicted octanol–water partition coefficient (Wildman–Crippen LogP) is 4.69. The van der Waals surface area contributed by atoms with Gasteiger partial charge >= 0.3 is 0 Å². The number of ether oxygens (including phenoxy) is 2. The molecule has 3 aromatic rings. The van der Waals surface area contributed by atoms with Gasteiger partial charge in [-0.2, -0.15) is 0 Å². The van der Waals surface area contributed by atoms with Crippen molar-refractivity contribution in [3.63, 3.8) is 0 Å². The number of nitrogens with zero attached hydrogens (tertiary/aromatic N) is 2. The van der Waals surface area contributed by atoms with Crippen LogP contribution in [0.1, 0.15) is 60.1 Å². The van der Waals surface area contributed by atoms with E-state index in [0.717, 1.165) is 23.3 Å². The molecule has 6 nitrogen and oxygen atoms in total. The van der Waals surface area contributed by atoms with E-state index < -0.39 is 0 Å². The Bertz CT molecular complexity index is 991. The van der Waals surface area contributed by atoms with Crippen LogP contribution in [0.15, 0.2) is 48.8 Å². The number of nitrogens with one attached hydrogen (secondary N) is 1. The fraction of sp³-hybridized carbons (Fsp3) is 0.440. The zero-order valence-electron chi connectivity index (χ0n) is 18.2. The lowest BCUT2D eigenvalue weighted by Gasteiger charge is -2.21. The zero-order chi connectivity index (χ0) is 21.5. The van der Waals surface area contributed by atoms with E-state index in [-0.39, 0.29) is 5.91 Å². The molecule has 164 valence electrons. The molecule has 2 aromatic heterocycles. The van der Waals surface area contributed by atoms with Crippen molar-refractivity contribution in [3.05, 3.63) is 65.6 Å². The Morgan fingerprint density at radius 2 is 1.97 bits per heavy atom. The van der Waals surface area contributed by atoms with E-state index in [2.05, 4.69) is 10.3 Å². The van der Waals surface area contributed by atoms with Crippen LogP contribution >= 0.6 is 0 Å². The van der Waals surface area contributed by atoms with Crippen molar-refractivity contribution >= 4 is 11.6 Å². The molecule has 6 heteroatoms. The van der Waals surface area contributed by atoms with E-state index in [1.165, 1.54) is 32.1 Å². The Hall–Kier alpha value is -2.86. The fourth-order valence-corrected chi connectivity index (χ4v) is 3.99. The number of aromatic nitrogens is 2. The second kappa shape index (κ2) is 10.4. The maximum atomic E-state index is 12.3. The van der Waals surface area contributed by atoms with Crippen LogP contribution in [-0.4, -0.2) is 34.5 Å². The van der Waals surface area contributed by atoms with Gasteiger partial charge in [-0.25, -0.2) is 4.98 Å². The number of pyridine rings is 1. The van der Waals surface area contributed by atoms with Crippen LogP contribution < -0.4 is 10.1 Å². The van der Waals surface area contributed by atoms with Crippen LogP contribution in [-0.2, 0) is 11.3 Å². The van der Waals surface area contributed by atoms with Crippen molar-refractivity contribution in [2.45, 2.75) is 58.2 Å². The minimum Gasteiger partial charge on any atom is -0.487 e. The first-order valence-electron chi connectivity index (χ1n) is 11.2. The molecule has 0 spiro atoms. The summed E-state index contributed by atoms with van der Waals surface area (Å²) in [4.78, 5) is 16.9. The van der Waals surface area contributed by atoms with E-state index in [1.807, 2.05) is 48.0 Å². The number of carbonyl (C=O) groups is 1. The van der Waals surface area contributed by atoms with E-state index in [1.54, 1.807) is 12.1 Å². The predicted molar refractivity (Wildman–Crippen MR) is 120 cm³/mol. The molecule has 1 N–H and O–H groups in total. The fourth-order valence-electron chi connectivity index (χ4n) is 3.99. The van der Waals surface area contributed by atoms with Gasteiger partial charge in [-0.1, -0.05) is 25.3 Å². The van der Waals surface area contributed by atoms with Gasteiger partial charge in [0.1, 0.15) is 18.0 Å². The Labute approximate surface area is 183 Å². The molecule has 0 atom stereocenters. The van der Waals surface area contributed by atoms with Crippen molar-refractivity contribution in [1.82, 2.24) is 14.7 Å². The summed E-state index contributed by atoms with van der Waals surface area (Å²) in [6.07, 6.45) is 11.5. The van der Waals surface area contributed by atoms with Gasteiger partial charge in [0.25, 0.3) is 5.91 Å². The summed E-state index contributed by atoms with van der Waals surface area (Å²) >= 11 is 0. The summed E-state index contributed by atoms with van der Waals surface area (Å²) in [6, 6.07) is 11.3. The van der Waals surface area contributed by atoms with Crippen molar-refractivity contribution < 1.29 is 14.3 Å². The van der Waals surface area contributed by atoms with Crippen molar-refractivity contribution in [3.8, 4) is 5.75 Å². The number of benzene rings is 1. The van der Waals surface area contributed by atoms with Gasteiger partial charge in [0.15, 0.2) is 0 Å². The Morgan fingerprint density at radius 1 is 1.16 bits per heavy atom. The molecule has 1 aliphatic rings. The second-order valence-corrected chi connectivity index (χ2v) is 8.21. The maximum absolute atomic E-state index is 12.3. The van der Waals surface area contributed by atoms with Gasteiger partial charge in [0.2, 0.25) is 0 Å². The summed E-state index contributed by atoms with van der Waals surface area (Å²) in [5.74, 6) is 0.645. The lowest BCUT2D eigenvalue weighted by Crippen LogP contribution is -2.26. The highest BCUT2D eigenvalue weighted by atomic mass is 16.5. The Morgan fingerprint density at radius 3 is 2.74 bits per heavy atom. The lowest BCUT2D eigenvalue weighted by atomic mass is 9.98. The first kappa shape index (κ1) is 21.4. The van der Waals surface area contributed by atoms with Gasteiger partial charge < -0.3 is 19.2 Å². The van der Waals surface area contributed by atoms with E-state index in [4.69, 9.17) is 9.47 Å². The molecule has 1 fully saturated rings. The smallest absolute Gasteiger partial charge is 0.251 e. The number of aryl methyl sites for hydroxylation is 1. The second-order valence-electron chi connectivity index (χ2n) is 8.21. The first-order chi connectivity index (χ1) is 15.2. The van der Waals surface area contributed by atoms with E-state index >= 15 is 0 Å². The molecule has 1 aromatic carbocycles. The van der Waals surface area contributed by atoms with Crippen LogP contribution in [0.4, 0.5) is 0 Å². The first-order valence-corrected chi connectivity index (χ1v) is 11.2. The number of rotatable bonds is 9. The normalized spacial score (nSPS) is 14.6. The lowest BCUT2D eigenvalue weighted by molar-refractivity contribution is 0.0273. The number of amides is 1. The largest absolute Gasteiger partial charge is 0.487 e. The minimum absolute atomic E-state index is 0.0694. The maximum Gasteiger partial charge on any atom is 0.251 e. The standard InChI is InChI=1S/C25H31N3O3/c1-19-7-5-15-28-17-21(27-24(19)28)18-31-23-12-10-20(11-13-23)25(29)26-14-6-16-30-22-8-3-2-4-9-22/h5,7,10-13,15,17,22H,2-4,6,8-9,14,16,18H2,1H3,(H,26,29). The number of fused-ring (bicyclic) bond motifs is 1. The molecule has 0 radical (unpaired) electrons. The third kappa shape index (κ3) is 5.85. The third-order valence-electron chi connectivity index (χ3n) is 5.74. The molecule has 2 heterocycles. The molecular weight excluding hydrogens is 390 g/mol. The quantitative estimate of drug-likeness (QED) is 0.509. The summed E-state index contributed by atoms with van der Waals surface area (Å²) in [7, 11) is 0. The molecule has 1 amide bonds. The van der Waals surface area contributed by atoms with Gasteiger partial charge in [-0.3, -0.25) is 4.79 Å². The zero-order valence-corrected chi connectivity index (χ0v) is 18.2. The van der Waals surface area contributed by atoms with E-state index in [0.29, 0.717) is 37.2 Å². The summed E-state index contributed by atoms with van der Waals surface area (Å²) in [5.41, 5.74) is 3.57. The summed E-state index contributed by atoms with van der Waals surface area (Å²) in [5, 5.41) is 2.96. The number of hydrogen-bond acceptors (Lipinski definition) is 4. The van der Waals surface area contributed by atoms with Crippen LogP contribution in [0.3, 0.4) is 0 Å². The molecule has 31 heavy (non-hydrogen) atoms. The minimum atomic E-state index is -0.0694. The molecule has 0 unspecified atom stereocenters. The number of carbonyl (C=O) groups excluding carboxylic acids is 1. The molecule has 1 aliphatic carbocycles. The van der Waals surface area contributed by atoms with E-state index in [9.17, 15) is 4.79 Å². The van der Waals surface area contributed by atoms with Crippen LogP contribution in [0.5, 0.6) is 5.75 Å². The molecule has 1 saturated carbocycles. The van der Waals surface area contributed by atoms with Gasteiger partial charge in [-0.15, -0.1) is 0 Å². The van der Waals surface area contributed by atoms with Gasteiger partial charge in [-0.05, 0) is 62.1 Å². The highest BCUT2D eigenvalue weighted by Gasteiger charge is 2.13. The molecule has 0 aliphatic heterocycles. The van der Waals surface area contributed by atoms with Crippen LogP contribution in [0.25, 0.3) is 5.65 Å². The highest BCUT2D eigenvalue weighted by molar-refractivity contribution is 5.94. The average Bonchev–Trinajstić information content (AvgIpc) is 3.23. The molecular formula is C25H31N3O3. The SMILES string of the molecule is Cc1cccn2cc(COc3ccc(C(=O)NCCCOC4CCCCC4)cc3)nc12. The van der Waals surface area contributed by atoms with Gasteiger partial charge in [0, 0.05) is 31.1 Å². The average molecular weight is 422 g/mol. The third-order valence-corrected chi connectivity index (χ3v) is 5.74.